The number of pyridine rings is 1. The molecule has 0 spiro atoms. The summed E-state index contributed by atoms with van der Waals surface area (Å²) in [5, 5.41) is 6.37. The minimum Gasteiger partial charge on any atom is -0.386 e. The van der Waals surface area contributed by atoms with Crippen molar-refractivity contribution in [3.05, 3.63) is 57.2 Å². The lowest BCUT2D eigenvalue weighted by Crippen LogP contribution is -2.45. The fourth-order valence-corrected chi connectivity index (χ4v) is 5.09. The molecule has 1 atom stereocenters. The Kier molecular flexibility index (Phi) is 7.77. The number of rotatable bonds is 6. The van der Waals surface area contributed by atoms with Crippen molar-refractivity contribution in [2.24, 2.45) is 5.16 Å². The summed E-state index contributed by atoms with van der Waals surface area (Å²) >= 11 is 12.0. The molecular weight excluding hydrogens is 561 g/mol. The zero-order chi connectivity index (χ0) is 27.9. The average Bonchev–Trinajstić information content (AvgIpc) is 3.23. The van der Waals surface area contributed by atoms with E-state index < -0.39 is 36.8 Å². The monoisotopic (exact) mass is 582 g/mol. The van der Waals surface area contributed by atoms with Gasteiger partial charge in [0.1, 0.15) is 11.2 Å². The first kappa shape index (κ1) is 28.3. The van der Waals surface area contributed by atoms with Crippen LogP contribution in [0.15, 0.2) is 35.6 Å². The van der Waals surface area contributed by atoms with Gasteiger partial charge in [-0.2, -0.15) is 26.3 Å². The van der Waals surface area contributed by atoms with E-state index in [9.17, 15) is 31.1 Å². The van der Waals surface area contributed by atoms with Crippen LogP contribution in [0.3, 0.4) is 0 Å². The molecule has 1 saturated carbocycles. The van der Waals surface area contributed by atoms with Gasteiger partial charge in [0, 0.05) is 48.2 Å². The molecule has 2 heterocycles. The molecule has 0 bridgehead atoms. The minimum atomic E-state index is -4.58. The van der Waals surface area contributed by atoms with Gasteiger partial charge >= 0.3 is 12.4 Å². The average molecular weight is 583 g/mol. The van der Waals surface area contributed by atoms with Gasteiger partial charge in [0.15, 0.2) is 0 Å². The van der Waals surface area contributed by atoms with E-state index >= 15 is 0 Å². The molecule has 2 aliphatic rings. The second-order valence-corrected chi connectivity index (χ2v) is 10.3. The van der Waals surface area contributed by atoms with E-state index in [2.05, 4.69) is 20.3 Å². The van der Waals surface area contributed by atoms with Crippen molar-refractivity contribution in [1.29, 1.82) is 0 Å². The van der Waals surface area contributed by atoms with Gasteiger partial charge in [0.25, 0.3) is 5.91 Å². The van der Waals surface area contributed by atoms with Gasteiger partial charge in [0.2, 0.25) is 6.61 Å². The maximum absolute atomic E-state index is 14.4. The number of hydrogen-bond donors (Lipinski definition) is 1. The molecule has 6 nitrogen and oxygen atoms in total. The lowest BCUT2D eigenvalue weighted by atomic mass is 9.79. The van der Waals surface area contributed by atoms with Gasteiger partial charge in [-0.05, 0) is 48.7 Å². The molecule has 38 heavy (non-hydrogen) atoms. The molecule has 14 heteroatoms. The van der Waals surface area contributed by atoms with Crippen LogP contribution in [0.1, 0.15) is 40.7 Å². The Bertz CT molecular complexity index is 1230. The largest absolute Gasteiger partial charge is 0.425 e. The van der Waals surface area contributed by atoms with Crippen molar-refractivity contribution in [2.45, 2.75) is 50.0 Å². The van der Waals surface area contributed by atoms with Crippen molar-refractivity contribution in [3.8, 4) is 0 Å². The molecule has 2 fully saturated rings. The van der Waals surface area contributed by atoms with Crippen LogP contribution in [0, 0.1) is 6.92 Å². The fourth-order valence-electron chi connectivity index (χ4n) is 4.56. The number of alkyl halides is 6. The number of halogens is 8. The third-order valence-corrected chi connectivity index (χ3v) is 7.05. The zero-order valence-corrected chi connectivity index (χ0v) is 21.4. The molecular formula is C24H22Cl2F6N4O2. The quantitative estimate of drug-likeness (QED) is 0.324. The Labute approximate surface area is 223 Å². The van der Waals surface area contributed by atoms with Gasteiger partial charge < -0.3 is 15.1 Å². The molecule has 1 aliphatic heterocycles. The summed E-state index contributed by atoms with van der Waals surface area (Å²) in [4.78, 5) is 22.7. The normalized spacial score (nSPS) is 21.8. The van der Waals surface area contributed by atoms with Crippen molar-refractivity contribution in [2.75, 3.05) is 24.6 Å². The third-order valence-electron chi connectivity index (χ3n) is 6.61. The van der Waals surface area contributed by atoms with Crippen LogP contribution in [0.25, 0.3) is 0 Å². The first-order chi connectivity index (χ1) is 17.7. The molecule has 206 valence electrons. The summed E-state index contributed by atoms with van der Waals surface area (Å²) in [6, 6.07) is 5.14. The van der Waals surface area contributed by atoms with E-state index in [-0.39, 0.29) is 58.8 Å². The van der Waals surface area contributed by atoms with E-state index in [0.29, 0.717) is 11.3 Å². The number of amides is 1. The molecule has 1 unspecified atom stereocenters. The predicted octanol–water partition coefficient (Wildman–Crippen LogP) is 6.23. The lowest BCUT2D eigenvalue weighted by molar-refractivity contribution is -0.184. The number of carbonyl (C=O) groups excluding carboxylic acids is 1. The van der Waals surface area contributed by atoms with Crippen LogP contribution in [0.5, 0.6) is 0 Å². The smallest absolute Gasteiger partial charge is 0.386 e. The highest BCUT2D eigenvalue weighted by Gasteiger charge is 2.59. The molecule has 2 aromatic rings. The summed E-state index contributed by atoms with van der Waals surface area (Å²) < 4.78 is 79.4. The molecule has 1 aromatic heterocycles. The van der Waals surface area contributed by atoms with Gasteiger partial charge in [-0.1, -0.05) is 28.4 Å². The maximum Gasteiger partial charge on any atom is 0.425 e. The summed E-state index contributed by atoms with van der Waals surface area (Å²) in [6.07, 6.45) is -7.50. The van der Waals surface area contributed by atoms with Gasteiger partial charge in [-0.25, -0.2) is 4.98 Å². The van der Waals surface area contributed by atoms with E-state index in [4.69, 9.17) is 23.2 Å². The van der Waals surface area contributed by atoms with Crippen LogP contribution in [0.2, 0.25) is 10.0 Å². The number of hydrogen-bond acceptors (Lipinski definition) is 5. The minimum absolute atomic E-state index is 0.0232. The van der Waals surface area contributed by atoms with E-state index in [1.165, 1.54) is 29.3 Å². The highest BCUT2D eigenvalue weighted by molar-refractivity contribution is 6.34. The third kappa shape index (κ3) is 6.12. The molecule has 1 amide bonds. The molecule has 1 saturated heterocycles. The second-order valence-electron chi connectivity index (χ2n) is 9.39. The molecule has 1 aromatic carbocycles. The van der Waals surface area contributed by atoms with Crippen molar-refractivity contribution < 1.29 is 36.0 Å². The molecule has 1 N–H and O–H groups in total. The van der Waals surface area contributed by atoms with Crippen molar-refractivity contribution in [1.82, 2.24) is 10.3 Å². The summed E-state index contributed by atoms with van der Waals surface area (Å²) in [6.45, 7) is -0.171. The van der Waals surface area contributed by atoms with Crippen LogP contribution >= 0.6 is 23.2 Å². The van der Waals surface area contributed by atoms with Crippen molar-refractivity contribution in [3.63, 3.8) is 0 Å². The number of nitrogens with zero attached hydrogens (tertiary/aromatic N) is 3. The van der Waals surface area contributed by atoms with E-state index in [0.717, 1.165) is 0 Å². The predicted molar refractivity (Wildman–Crippen MR) is 130 cm³/mol. The second kappa shape index (κ2) is 10.4. The molecule has 1 aliphatic carbocycles. The molecule has 0 radical (unpaired) electrons. The Morgan fingerprint density at radius 1 is 1.16 bits per heavy atom. The maximum atomic E-state index is 14.4. The molecule has 4 rings (SSSR count). The van der Waals surface area contributed by atoms with Gasteiger partial charge in [0.05, 0.1) is 11.3 Å². The Morgan fingerprint density at radius 2 is 1.82 bits per heavy atom. The van der Waals surface area contributed by atoms with Gasteiger partial charge in [-0.15, -0.1) is 0 Å². The van der Waals surface area contributed by atoms with Crippen LogP contribution < -0.4 is 10.2 Å². The van der Waals surface area contributed by atoms with E-state index in [1.54, 1.807) is 13.0 Å². The topological polar surface area (TPSA) is 66.8 Å². The van der Waals surface area contributed by atoms with E-state index in [1.807, 2.05) is 0 Å². The van der Waals surface area contributed by atoms with Crippen LogP contribution in [0.4, 0.5) is 32.2 Å². The summed E-state index contributed by atoms with van der Waals surface area (Å²) in [5.41, 5.74) is -1.08. The number of aromatic nitrogens is 1. The number of carbonyl (C=O) groups is 1. The Morgan fingerprint density at radius 3 is 2.39 bits per heavy atom. The first-order valence-electron chi connectivity index (χ1n) is 11.5. The fraction of sp³-hybridized carbons (Fsp3) is 0.458. The summed E-state index contributed by atoms with van der Waals surface area (Å²) in [5.74, 6) is -0.167. The Balaban J connectivity index is 1.42. The Hall–Kier alpha value is -2.73. The lowest BCUT2D eigenvalue weighted by Gasteiger charge is -2.33. The van der Waals surface area contributed by atoms with Crippen LogP contribution in [-0.4, -0.2) is 54.7 Å². The number of benzene rings is 1. The standard InChI is InChI=1S/C24H22Cl2F6N4O2/c1-13-4-20(33-10-19(13)21(37)34-17-8-18(9-17)35-38-12-23(27,28)29)36-3-2-22(11-36,24(30,31)32)14-5-15(25)7-16(26)6-14/h4-7,10,17H,2-3,8-9,11-12H2,1H3,(H,34,37). The number of oxime groups is 1. The number of anilines is 1. The summed E-state index contributed by atoms with van der Waals surface area (Å²) in [7, 11) is 0. The zero-order valence-electron chi connectivity index (χ0n) is 19.9. The van der Waals surface area contributed by atoms with Gasteiger partial charge in [-0.3, -0.25) is 4.79 Å². The van der Waals surface area contributed by atoms with Crippen LogP contribution in [-0.2, 0) is 10.3 Å². The highest BCUT2D eigenvalue weighted by Crippen LogP contribution is 2.49. The highest BCUT2D eigenvalue weighted by atomic mass is 35.5. The van der Waals surface area contributed by atoms with Crippen molar-refractivity contribution >= 4 is 40.6 Å². The first-order valence-corrected chi connectivity index (χ1v) is 12.2. The SMILES string of the molecule is Cc1cc(N2CCC(c3cc(Cl)cc(Cl)c3)(C(F)(F)F)C2)ncc1C(=O)NC1CC(=NOCC(F)(F)F)C1. The number of nitrogens with one attached hydrogen (secondary N) is 1. The number of aryl methyl sites for hydroxylation is 1.